The summed E-state index contributed by atoms with van der Waals surface area (Å²) in [4.78, 5) is 10.0. The molecule has 2 N–H and O–H groups in total. The third kappa shape index (κ3) is 4.35. The van der Waals surface area contributed by atoms with E-state index >= 15 is 0 Å². The van der Waals surface area contributed by atoms with Crippen LogP contribution in [0.1, 0.15) is 29.7 Å². The lowest BCUT2D eigenvalue weighted by molar-refractivity contribution is 0.633. The standard InChI is InChI=1S/C14H22N4S/c1-3-12-10-17-13(19-12)8-9-16-14(15-2)18-11-6-4-5-7-11/h4-5,10-11H,3,6-9H2,1-2H3,(H2,15,16,18). The van der Waals surface area contributed by atoms with Crippen LogP contribution in [0.2, 0.25) is 0 Å². The van der Waals surface area contributed by atoms with Crippen LogP contribution in [0.4, 0.5) is 0 Å². The molecule has 0 aliphatic heterocycles. The normalized spacial score (nSPS) is 16.0. The van der Waals surface area contributed by atoms with Gasteiger partial charge in [-0.3, -0.25) is 4.99 Å². The summed E-state index contributed by atoms with van der Waals surface area (Å²) in [5, 5.41) is 7.97. The lowest BCUT2D eigenvalue weighted by atomic mass is 10.2. The van der Waals surface area contributed by atoms with E-state index in [0.717, 1.165) is 38.2 Å². The van der Waals surface area contributed by atoms with Crippen LogP contribution in [0.25, 0.3) is 0 Å². The molecule has 0 spiro atoms. The maximum atomic E-state index is 4.42. The molecule has 5 heteroatoms. The van der Waals surface area contributed by atoms with Crippen LogP contribution in [0.15, 0.2) is 23.3 Å². The fraction of sp³-hybridized carbons (Fsp3) is 0.571. The molecule has 4 nitrogen and oxygen atoms in total. The Labute approximate surface area is 119 Å². The minimum atomic E-state index is 0.498. The Hall–Kier alpha value is -1.36. The van der Waals surface area contributed by atoms with Crippen molar-refractivity contribution in [2.45, 2.75) is 38.6 Å². The van der Waals surface area contributed by atoms with Gasteiger partial charge in [0.1, 0.15) is 0 Å². The van der Waals surface area contributed by atoms with Gasteiger partial charge in [-0.25, -0.2) is 4.98 Å². The topological polar surface area (TPSA) is 49.3 Å². The number of hydrogen-bond donors (Lipinski definition) is 2. The van der Waals surface area contributed by atoms with E-state index in [0.29, 0.717) is 6.04 Å². The van der Waals surface area contributed by atoms with Gasteiger partial charge in [0.25, 0.3) is 0 Å². The predicted molar refractivity (Wildman–Crippen MR) is 81.9 cm³/mol. The molecule has 0 unspecified atom stereocenters. The fourth-order valence-electron chi connectivity index (χ4n) is 2.04. The number of aromatic nitrogens is 1. The Morgan fingerprint density at radius 1 is 1.47 bits per heavy atom. The van der Waals surface area contributed by atoms with Crippen LogP contribution >= 0.6 is 11.3 Å². The average molecular weight is 278 g/mol. The number of rotatable bonds is 5. The van der Waals surface area contributed by atoms with Crippen molar-refractivity contribution in [2.75, 3.05) is 13.6 Å². The molecule has 0 fully saturated rings. The summed E-state index contributed by atoms with van der Waals surface area (Å²) < 4.78 is 0. The zero-order valence-corrected chi connectivity index (χ0v) is 12.5. The highest BCUT2D eigenvalue weighted by molar-refractivity contribution is 7.11. The molecule has 1 heterocycles. The van der Waals surface area contributed by atoms with E-state index in [2.05, 4.69) is 39.7 Å². The summed E-state index contributed by atoms with van der Waals surface area (Å²) in [5.41, 5.74) is 0. The summed E-state index contributed by atoms with van der Waals surface area (Å²) in [7, 11) is 1.82. The van der Waals surface area contributed by atoms with E-state index in [4.69, 9.17) is 0 Å². The second kappa shape index (κ2) is 7.28. The van der Waals surface area contributed by atoms with Gasteiger partial charge < -0.3 is 10.6 Å². The quantitative estimate of drug-likeness (QED) is 0.493. The van der Waals surface area contributed by atoms with Crippen molar-refractivity contribution in [2.24, 2.45) is 4.99 Å². The zero-order chi connectivity index (χ0) is 13.5. The lowest BCUT2D eigenvalue weighted by Crippen LogP contribution is -2.43. The van der Waals surface area contributed by atoms with Gasteiger partial charge in [0.15, 0.2) is 5.96 Å². The second-order valence-corrected chi connectivity index (χ2v) is 5.81. The molecule has 0 aromatic carbocycles. The van der Waals surface area contributed by atoms with E-state index in [1.165, 1.54) is 9.88 Å². The third-order valence-electron chi connectivity index (χ3n) is 3.15. The highest BCUT2D eigenvalue weighted by Crippen LogP contribution is 2.13. The van der Waals surface area contributed by atoms with Gasteiger partial charge in [0.2, 0.25) is 0 Å². The lowest BCUT2D eigenvalue weighted by Gasteiger charge is -2.16. The molecule has 1 aliphatic carbocycles. The van der Waals surface area contributed by atoms with Gasteiger partial charge >= 0.3 is 0 Å². The van der Waals surface area contributed by atoms with Crippen molar-refractivity contribution in [1.29, 1.82) is 0 Å². The van der Waals surface area contributed by atoms with Crippen LogP contribution in [0.5, 0.6) is 0 Å². The summed E-state index contributed by atoms with van der Waals surface area (Å²) in [5.74, 6) is 0.890. The molecule has 0 atom stereocenters. The van der Waals surface area contributed by atoms with Crippen LogP contribution in [-0.2, 0) is 12.8 Å². The summed E-state index contributed by atoms with van der Waals surface area (Å²) in [6.45, 7) is 3.04. The highest BCUT2D eigenvalue weighted by Gasteiger charge is 2.11. The molecule has 0 bridgehead atoms. The first-order chi connectivity index (χ1) is 9.31. The number of thiazole rings is 1. The van der Waals surface area contributed by atoms with Crippen molar-refractivity contribution < 1.29 is 0 Å². The first-order valence-corrected chi connectivity index (χ1v) is 7.69. The fourth-order valence-corrected chi connectivity index (χ4v) is 2.90. The second-order valence-electron chi connectivity index (χ2n) is 4.61. The largest absolute Gasteiger partial charge is 0.356 e. The number of guanidine groups is 1. The van der Waals surface area contributed by atoms with Crippen LogP contribution in [0, 0.1) is 0 Å². The Kier molecular flexibility index (Phi) is 5.39. The smallest absolute Gasteiger partial charge is 0.191 e. The Balaban J connectivity index is 1.71. The van der Waals surface area contributed by atoms with Crippen molar-refractivity contribution >= 4 is 17.3 Å². The monoisotopic (exact) mass is 278 g/mol. The molecule has 2 rings (SSSR count). The van der Waals surface area contributed by atoms with E-state index in [-0.39, 0.29) is 0 Å². The first-order valence-electron chi connectivity index (χ1n) is 6.87. The molecule has 1 aromatic heterocycles. The summed E-state index contributed by atoms with van der Waals surface area (Å²) >= 11 is 1.80. The molecule has 104 valence electrons. The number of hydrogen-bond acceptors (Lipinski definition) is 3. The van der Waals surface area contributed by atoms with Crippen LogP contribution in [-0.4, -0.2) is 30.6 Å². The van der Waals surface area contributed by atoms with E-state index in [1.807, 2.05) is 13.2 Å². The van der Waals surface area contributed by atoms with Crippen LogP contribution < -0.4 is 10.6 Å². The molecule has 19 heavy (non-hydrogen) atoms. The van der Waals surface area contributed by atoms with E-state index in [1.54, 1.807) is 11.3 Å². The van der Waals surface area contributed by atoms with Gasteiger partial charge in [0.05, 0.1) is 5.01 Å². The molecule has 1 aromatic rings. The minimum Gasteiger partial charge on any atom is -0.356 e. The molecule has 1 aliphatic rings. The zero-order valence-electron chi connectivity index (χ0n) is 11.6. The SMILES string of the molecule is CCc1cnc(CCNC(=NC)NC2CC=CC2)s1. The maximum absolute atomic E-state index is 4.42. The van der Waals surface area contributed by atoms with Gasteiger partial charge in [-0.05, 0) is 19.3 Å². The van der Waals surface area contributed by atoms with Gasteiger partial charge in [-0.2, -0.15) is 0 Å². The van der Waals surface area contributed by atoms with Crippen molar-refractivity contribution in [3.8, 4) is 0 Å². The number of aliphatic imine (C=N–C) groups is 1. The molecular weight excluding hydrogens is 256 g/mol. The van der Waals surface area contributed by atoms with Gasteiger partial charge in [-0.1, -0.05) is 19.1 Å². The average Bonchev–Trinajstić information content (AvgIpc) is 3.08. The molecule has 0 saturated carbocycles. The molecule has 0 amide bonds. The van der Waals surface area contributed by atoms with Crippen molar-refractivity contribution in [1.82, 2.24) is 15.6 Å². The van der Waals surface area contributed by atoms with E-state index < -0.39 is 0 Å². The maximum Gasteiger partial charge on any atom is 0.191 e. The van der Waals surface area contributed by atoms with E-state index in [9.17, 15) is 0 Å². The number of nitrogens with one attached hydrogen (secondary N) is 2. The Morgan fingerprint density at radius 2 is 2.26 bits per heavy atom. The predicted octanol–water partition coefficient (Wildman–Crippen LogP) is 2.13. The Morgan fingerprint density at radius 3 is 2.89 bits per heavy atom. The molecule has 0 radical (unpaired) electrons. The summed E-state index contributed by atoms with van der Waals surface area (Å²) in [6, 6.07) is 0.498. The summed E-state index contributed by atoms with van der Waals surface area (Å²) in [6.07, 6.45) is 10.6. The molecular formula is C14H22N4S. The van der Waals surface area contributed by atoms with Crippen molar-refractivity contribution in [3.05, 3.63) is 28.2 Å². The van der Waals surface area contributed by atoms with Gasteiger partial charge in [-0.15, -0.1) is 11.3 Å². The first kappa shape index (κ1) is 14.1. The molecule has 0 saturated heterocycles. The number of aryl methyl sites for hydroxylation is 1. The minimum absolute atomic E-state index is 0.498. The Bertz CT molecular complexity index is 442. The highest BCUT2D eigenvalue weighted by atomic mass is 32.1. The van der Waals surface area contributed by atoms with Crippen LogP contribution in [0.3, 0.4) is 0 Å². The third-order valence-corrected chi connectivity index (χ3v) is 4.35. The number of nitrogens with zero attached hydrogens (tertiary/aromatic N) is 2. The van der Waals surface area contributed by atoms with Gasteiger partial charge in [0, 0.05) is 37.1 Å². The van der Waals surface area contributed by atoms with Crippen molar-refractivity contribution in [3.63, 3.8) is 0 Å².